The molecule has 29 heavy (non-hydrogen) atoms. The summed E-state index contributed by atoms with van der Waals surface area (Å²) in [6, 6.07) is 3.54. The first kappa shape index (κ1) is 21.3. The second-order valence-electron chi connectivity index (χ2n) is 8.50. The van der Waals surface area contributed by atoms with Crippen molar-refractivity contribution in [3.05, 3.63) is 30.1 Å². The van der Waals surface area contributed by atoms with Crippen molar-refractivity contribution >= 4 is 17.7 Å². The monoisotopic (exact) mass is 400 g/mol. The Hall–Kier alpha value is -2.44. The van der Waals surface area contributed by atoms with Crippen LogP contribution in [0.5, 0.6) is 0 Å². The molecule has 0 bridgehead atoms. The van der Waals surface area contributed by atoms with Crippen LogP contribution >= 0.6 is 0 Å². The SMILES string of the molecule is CC(=O)N1CCCN(C(=O)[C@@H]2CCC(=O)N(CC(C)C)[C@H]2c2cccnc2)CC1. The first-order valence-corrected chi connectivity index (χ1v) is 10.6. The molecule has 1 aromatic rings. The minimum Gasteiger partial charge on any atom is -0.341 e. The van der Waals surface area contributed by atoms with Gasteiger partial charge in [-0.2, -0.15) is 0 Å². The third-order valence-electron chi connectivity index (χ3n) is 5.86. The first-order valence-electron chi connectivity index (χ1n) is 10.6. The Labute approximate surface area is 173 Å². The molecule has 0 aromatic carbocycles. The summed E-state index contributed by atoms with van der Waals surface area (Å²) in [6.07, 6.45) is 5.22. The van der Waals surface area contributed by atoms with Gasteiger partial charge in [-0.1, -0.05) is 19.9 Å². The molecule has 1 aromatic heterocycles. The molecule has 7 heteroatoms. The van der Waals surface area contributed by atoms with Crippen LogP contribution in [0.4, 0.5) is 0 Å². The molecule has 0 N–H and O–H groups in total. The van der Waals surface area contributed by atoms with Crippen molar-refractivity contribution in [1.82, 2.24) is 19.7 Å². The number of aromatic nitrogens is 1. The maximum absolute atomic E-state index is 13.6. The van der Waals surface area contributed by atoms with Gasteiger partial charge in [0, 0.05) is 58.5 Å². The maximum atomic E-state index is 13.6. The second-order valence-corrected chi connectivity index (χ2v) is 8.50. The topological polar surface area (TPSA) is 73.8 Å². The lowest BCUT2D eigenvalue weighted by atomic mass is 9.83. The van der Waals surface area contributed by atoms with Gasteiger partial charge in [-0.25, -0.2) is 0 Å². The molecule has 3 rings (SSSR count). The summed E-state index contributed by atoms with van der Waals surface area (Å²) in [7, 11) is 0. The van der Waals surface area contributed by atoms with Gasteiger partial charge in [0.15, 0.2) is 0 Å². The van der Waals surface area contributed by atoms with Gasteiger partial charge in [0.25, 0.3) is 0 Å². The Kier molecular flexibility index (Phi) is 6.87. The summed E-state index contributed by atoms with van der Waals surface area (Å²) >= 11 is 0. The smallest absolute Gasteiger partial charge is 0.228 e. The Morgan fingerprint density at radius 2 is 1.90 bits per heavy atom. The molecule has 158 valence electrons. The van der Waals surface area contributed by atoms with E-state index in [0.717, 1.165) is 12.0 Å². The zero-order valence-corrected chi connectivity index (χ0v) is 17.7. The number of carbonyl (C=O) groups is 3. The second kappa shape index (κ2) is 9.37. The zero-order chi connectivity index (χ0) is 21.0. The van der Waals surface area contributed by atoms with E-state index in [4.69, 9.17) is 0 Å². The Bertz CT molecular complexity index is 737. The van der Waals surface area contributed by atoms with Crippen LogP contribution in [0.2, 0.25) is 0 Å². The standard InChI is InChI=1S/C22H32N4O3/c1-16(2)15-26-20(28)8-7-19(21(26)18-6-4-9-23-14-18)22(29)25-11-5-10-24(12-13-25)17(3)27/h4,6,9,14,16,19,21H,5,7-8,10-13,15H2,1-3H3/t19-,21+/m1/s1. The van der Waals surface area contributed by atoms with Crippen molar-refractivity contribution in [2.75, 3.05) is 32.7 Å². The number of rotatable bonds is 4. The quantitative estimate of drug-likeness (QED) is 0.776. The Morgan fingerprint density at radius 3 is 2.55 bits per heavy atom. The van der Waals surface area contributed by atoms with E-state index in [1.54, 1.807) is 24.2 Å². The molecule has 2 aliphatic heterocycles. The fourth-order valence-corrected chi connectivity index (χ4v) is 4.47. The van der Waals surface area contributed by atoms with Gasteiger partial charge >= 0.3 is 0 Å². The number of piperidine rings is 1. The number of nitrogens with zero attached hydrogens (tertiary/aromatic N) is 4. The van der Waals surface area contributed by atoms with Crippen molar-refractivity contribution in [3.8, 4) is 0 Å². The number of amides is 3. The predicted molar refractivity (Wildman–Crippen MR) is 110 cm³/mol. The normalized spacial score (nSPS) is 23.3. The van der Waals surface area contributed by atoms with E-state index >= 15 is 0 Å². The maximum Gasteiger partial charge on any atom is 0.228 e. The highest BCUT2D eigenvalue weighted by Gasteiger charge is 2.42. The van der Waals surface area contributed by atoms with Crippen LogP contribution < -0.4 is 0 Å². The van der Waals surface area contributed by atoms with Gasteiger partial charge in [-0.05, 0) is 30.4 Å². The van der Waals surface area contributed by atoms with Crippen LogP contribution in [0.3, 0.4) is 0 Å². The molecular formula is C22H32N4O3. The van der Waals surface area contributed by atoms with Crippen molar-refractivity contribution in [3.63, 3.8) is 0 Å². The van der Waals surface area contributed by atoms with Crippen LogP contribution in [-0.4, -0.2) is 70.1 Å². The Balaban J connectivity index is 1.86. The van der Waals surface area contributed by atoms with Gasteiger partial charge in [-0.3, -0.25) is 19.4 Å². The summed E-state index contributed by atoms with van der Waals surface area (Å²) < 4.78 is 0. The summed E-state index contributed by atoms with van der Waals surface area (Å²) in [4.78, 5) is 47.9. The average molecular weight is 401 g/mol. The van der Waals surface area contributed by atoms with E-state index in [2.05, 4.69) is 18.8 Å². The van der Waals surface area contributed by atoms with E-state index in [0.29, 0.717) is 51.5 Å². The molecule has 0 radical (unpaired) electrons. The zero-order valence-electron chi connectivity index (χ0n) is 17.7. The van der Waals surface area contributed by atoms with Crippen LogP contribution in [-0.2, 0) is 14.4 Å². The van der Waals surface area contributed by atoms with Gasteiger partial charge in [0.05, 0.1) is 12.0 Å². The van der Waals surface area contributed by atoms with E-state index < -0.39 is 0 Å². The number of pyridine rings is 1. The molecular weight excluding hydrogens is 368 g/mol. The van der Waals surface area contributed by atoms with Crippen molar-refractivity contribution in [2.45, 2.75) is 46.1 Å². The summed E-state index contributed by atoms with van der Waals surface area (Å²) in [6.45, 7) is 8.83. The van der Waals surface area contributed by atoms with Crippen molar-refractivity contribution in [1.29, 1.82) is 0 Å². The number of hydrogen-bond donors (Lipinski definition) is 0. The molecule has 2 fully saturated rings. The predicted octanol–water partition coefficient (Wildman–Crippen LogP) is 2.10. The molecule has 0 aliphatic carbocycles. The van der Waals surface area contributed by atoms with Gasteiger partial charge in [0.1, 0.15) is 0 Å². The molecule has 3 heterocycles. The molecule has 2 saturated heterocycles. The van der Waals surface area contributed by atoms with Gasteiger partial charge in [-0.15, -0.1) is 0 Å². The number of likely N-dealkylation sites (tertiary alicyclic amines) is 1. The van der Waals surface area contributed by atoms with E-state index in [1.165, 1.54) is 0 Å². The van der Waals surface area contributed by atoms with Gasteiger partial charge < -0.3 is 14.7 Å². The Morgan fingerprint density at radius 1 is 1.17 bits per heavy atom. The summed E-state index contributed by atoms with van der Waals surface area (Å²) in [5, 5.41) is 0. The molecule has 0 unspecified atom stereocenters. The molecule has 0 spiro atoms. The van der Waals surface area contributed by atoms with E-state index in [9.17, 15) is 14.4 Å². The van der Waals surface area contributed by atoms with Crippen LogP contribution in [0, 0.1) is 11.8 Å². The largest absolute Gasteiger partial charge is 0.341 e. The molecule has 0 saturated carbocycles. The molecule has 3 amide bonds. The van der Waals surface area contributed by atoms with Crippen LogP contribution in [0.15, 0.2) is 24.5 Å². The molecule has 7 nitrogen and oxygen atoms in total. The first-order chi connectivity index (χ1) is 13.9. The van der Waals surface area contributed by atoms with E-state index in [-0.39, 0.29) is 29.7 Å². The molecule has 2 atom stereocenters. The highest BCUT2D eigenvalue weighted by Crippen LogP contribution is 2.38. The summed E-state index contributed by atoms with van der Waals surface area (Å²) in [5.41, 5.74) is 0.916. The van der Waals surface area contributed by atoms with Crippen LogP contribution in [0.25, 0.3) is 0 Å². The summed E-state index contributed by atoms with van der Waals surface area (Å²) in [5.74, 6) is 0.286. The highest BCUT2D eigenvalue weighted by molar-refractivity contribution is 5.85. The van der Waals surface area contributed by atoms with E-state index in [1.807, 2.05) is 21.9 Å². The van der Waals surface area contributed by atoms with Gasteiger partial charge in [0.2, 0.25) is 17.7 Å². The van der Waals surface area contributed by atoms with Crippen LogP contribution in [0.1, 0.15) is 51.6 Å². The number of hydrogen-bond acceptors (Lipinski definition) is 4. The third-order valence-corrected chi connectivity index (χ3v) is 5.86. The average Bonchev–Trinajstić information content (AvgIpc) is 2.95. The highest BCUT2D eigenvalue weighted by atomic mass is 16.2. The third kappa shape index (κ3) is 4.95. The minimum absolute atomic E-state index is 0.0545. The number of carbonyl (C=O) groups excluding carboxylic acids is 3. The van der Waals surface area contributed by atoms with Crippen molar-refractivity contribution in [2.24, 2.45) is 11.8 Å². The van der Waals surface area contributed by atoms with Crippen molar-refractivity contribution < 1.29 is 14.4 Å². The lowest BCUT2D eigenvalue weighted by molar-refractivity contribution is -0.148. The molecule has 2 aliphatic rings. The fraction of sp³-hybridized carbons (Fsp3) is 0.636. The lowest BCUT2D eigenvalue weighted by Crippen LogP contribution is -2.50. The fourth-order valence-electron chi connectivity index (χ4n) is 4.47. The lowest BCUT2D eigenvalue weighted by Gasteiger charge is -2.43. The minimum atomic E-state index is -0.285.